The summed E-state index contributed by atoms with van der Waals surface area (Å²) in [7, 11) is -3.40. The number of benzene rings is 1. The Bertz CT molecular complexity index is 932. The zero-order chi connectivity index (χ0) is 20.1. The first-order valence-electron chi connectivity index (χ1n) is 9.42. The number of rotatable bonds is 7. The Hall–Kier alpha value is -2.43. The number of hydrogen-bond acceptors (Lipinski definition) is 6. The molecule has 1 saturated heterocycles. The molecule has 28 heavy (non-hydrogen) atoms. The van der Waals surface area contributed by atoms with Gasteiger partial charge in [-0.05, 0) is 62.6 Å². The topological polar surface area (TPSA) is 83.3 Å². The van der Waals surface area contributed by atoms with Crippen molar-refractivity contribution in [3.05, 3.63) is 53.9 Å². The Morgan fingerprint density at radius 3 is 2.61 bits per heavy atom. The van der Waals surface area contributed by atoms with Crippen LogP contribution in [0.25, 0.3) is 0 Å². The van der Waals surface area contributed by atoms with Crippen LogP contribution in [0.5, 0.6) is 5.75 Å². The number of likely N-dealkylation sites (tertiary alicyclic amines) is 1. The highest BCUT2D eigenvalue weighted by molar-refractivity contribution is 7.91. The monoisotopic (exact) mass is 399 g/mol. The van der Waals surface area contributed by atoms with E-state index in [2.05, 4.69) is 22.0 Å². The van der Waals surface area contributed by atoms with E-state index in [9.17, 15) is 8.42 Å². The van der Waals surface area contributed by atoms with Crippen molar-refractivity contribution in [1.82, 2.24) is 9.88 Å². The van der Waals surface area contributed by atoms with Gasteiger partial charge >= 0.3 is 0 Å². The van der Waals surface area contributed by atoms with E-state index >= 15 is 0 Å². The molecule has 0 N–H and O–H groups in total. The zero-order valence-corrected chi connectivity index (χ0v) is 17.0. The molecule has 0 unspecified atom stereocenters. The van der Waals surface area contributed by atoms with Gasteiger partial charge in [0.05, 0.1) is 16.8 Å². The fourth-order valence-electron chi connectivity index (χ4n) is 3.43. The Morgan fingerprint density at radius 1 is 1.25 bits per heavy atom. The summed E-state index contributed by atoms with van der Waals surface area (Å²) in [4.78, 5) is 6.35. The van der Waals surface area contributed by atoms with E-state index in [4.69, 9.17) is 10.00 Å². The lowest BCUT2D eigenvalue weighted by Gasteiger charge is -2.17. The van der Waals surface area contributed by atoms with E-state index in [1.54, 1.807) is 0 Å². The minimum Gasteiger partial charge on any atom is -0.491 e. The number of sulfone groups is 1. The summed E-state index contributed by atoms with van der Waals surface area (Å²) in [6.45, 7) is 6.45. The molecule has 0 bridgehead atoms. The molecule has 0 spiro atoms. The molecule has 1 atom stereocenters. The Morgan fingerprint density at radius 2 is 2.00 bits per heavy atom. The lowest BCUT2D eigenvalue weighted by Crippen LogP contribution is -2.23. The number of aromatic nitrogens is 1. The van der Waals surface area contributed by atoms with Gasteiger partial charge in [-0.15, -0.1) is 0 Å². The fourth-order valence-corrected chi connectivity index (χ4v) is 5.01. The molecule has 1 aromatic heterocycles. The minimum absolute atomic E-state index is 0.101. The van der Waals surface area contributed by atoms with E-state index < -0.39 is 9.84 Å². The molecule has 6 nitrogen and oxygen atoms in total. The van der Waals surface area contributed by atoms with Gasteiger partial charge in [0, 0.05) is 19.3 Å². The predicted octanol–water partition coefficient (Wildman–Crippen LogP) is 3.04. The first-order chi connectivity index (χ1) is 13.4. The third-order valence-corrected chi connectivity index (χ3v) is 6.61. The molecule has 148 valence electrons. The molecule has 0 saturated carbocycles. The molecule has 2 heterocycles. The third-order valence-electron chi connectivity index (χ3n) is 4.74. The normalized spacial score (nSPS) is 17.6. The van der Waals surface area contributed by atoms with Gasteiger partial charge < -0.3 is 4.74 Å². The molecule has 0 amide bonds. The summed E-state index contributed by atoms with van der Waals surface area (Å²) >= 11 is 0. The third kappa shape index (κ3) is 5.31. The van der Waals surface area contributed by atoms with Crippen LogP contribution in [0.1, 0.15) is 31.5 Å². The first kappa shape index (κ1) is 20.3. The van der Waals surface area contributed by atoms with E-state index in [1.165, 1.54) is 23.9 Å². The van der Waals surface area contributed by atoms with Crippen molar-refractivity contribution in [2.24, 2.45) is 5.92 Å². The highest BCUT2D eigenvalue weighted by Crippen LogP contribution is 2.24. The summed E-state index contributed by atoms with van der Waals surface area (Å²) < 4.78 is 30.9. The molecule has 1 fully saturated rings. The first-order valence-corrected chi connectivity index (χ1v) is 11.1. The molecular formula is C21H25N3O3S. The highest BCUT2D eigenvalue weighted by atomic mass is 32.2. The zero-order valence-electron chi connectivity index (χ0n) is 16.2. The Labute approximate surface area is 166 Å². The smallest absolute Gasteiger partial charge is 0.180 e. The number of nitrogens with zero attached hydrogens (tertiary/aromatic N) is 3. The van der Waals surface area contributed by atoms with Gasteiger partial charge in [0.1, 0.15) is 17.5 Å². The number of ether oxygens (including phenoxy) is 1. The molecule has 0 aliphatic carbocycles. The molecular weight excluding hydrogens is 374 g/mol. The van der Waals surface area contributed by atoms with E-state index in [-0.39, 0.29) is 28.4 Å². The SMILES string of the molecule is CC(C)Oc1ccc(CN2CC[C@@H](CS(=O)(=O)c3ccc(C#N)nc3)C2)cc1. The maximum atomic E-state index is 12.6. The molecule has 3 rings (SSSR count). The number of pyridine rings is 1. The van der Waals surface area contributed by atoms with Crippen LogP contribution in [0, 0.1) is 17.2 Å². The highest BCUT2D eigenvalue weighted by Gasteiger charge is 2.28. The molecule has 7 heteroatoms. The van der Waals surface area contributed by atoms with Gasteiger partial charge in [0.15, 0.2) is 9.84 Å². The van der Waals surface area contributed by atoms with Crippen molar-refractivity contribution in [3.63, 3.8) is 0 Å². The van der Waals surface area contributed by atoms with Crippen molar-refractivity contribution in [3.8, 4) is 11.8 Å². The van der Waals surface area contributed by atoms with Gasteiger partial charge in [0.2, 0.25) is 0 Å². The summed E-state index contributed by atoms with van der Waals surface area (Å²) in [6.07, 6.45) is 2.29. The van der Waals surface area contributed by atoms with E-state index in [1.807, 2.05) is 32.0 Å². The predicted molar refractivity (Wildman–Crippen MR) is 107 cm³/mol. The van der Waals surface area contributed by atoms with Crippen LogP contribution in [-0.4, -0.2) is 43.2 Å². The summed E-state index contributed by atoms with van der Waals surface area (Å²) in [5.74, 6) is 1.07. The lowest BCUT2D eigenvalue weighted by atomic mass is 10.1. The number of nitriles is 1. The molecule has 0 radical (unpaired) electrons. The van der Waals surface area contributed by atoms with Gasteiger partial charge in [-0.1, -0.05) is 12.1 Å². The minimum atomic E-state index is -3.40. The molecule has 1 aliphatic heterocycles. The Kier molecular flexibility index (Phi) is 6.32. The standard InChI is InChI=1S/C21H25N3O3S/c1-16(2)27-20-6-3-17(4-7-20)13-24-10-9-18(14-24)15-28(25,26)21-8-5-19(11-22)23-12-21/h3-8,12,16,18H,9-10,13-15H2,1-2H3/t18-/m1/s1. The Balaban J connectivity index is 1.55. The van der Waals surface area contributed by atoms with Crippen LogP contribution in [-0.2, 0) is 16.4 Å². The maximum absolute atomic E-state index is 12.6. The summed E-state index contributed by atoms with van der Waals surface area (Å²) in [5, 5.41) is 8.79. The van der Waals surface area contributed by atoms with Crippen LogP contribution in [0.2, 0.25) is 0 Å². The van der Waals surface area contributed by atoms with Gasteiger partial charge in [-0.25, -0.2) is 13.4 Å². The van der Waals surface area contributed by atoms with Gasteiger partial charge in [-0.2, -0.15) is 5.26 Å². The molecule has 2 aromatic rings. The second-order valence-electron chi connectivity index (χ2n) is 7.47. The lowest BCUT2D eigenvalue weighted by molar-refractivity contribution is 0.242. The van der Waals surface area contributed by atoms with Crippen LogP contribution in [0.3, 0.4) is 0 Å². The second kappa shape index (κ2) is 8.72. The molecule has 1 aromatic carbocycles. The van der Waals surface area contributed by atoms with Crippen molar-refractivity contribution in [2.75, 3.05) is 18.8 Å². The van der Waals surface area contributed by atoms with Crippen LogP contribution in [0.4, 0.5) is 0 Å². The summed E-state index contributed by atoms with van der Waals surface area (Å²) in [5.41, 5.74) is 1.41. The van der Waals surface area contributed by atoms with Gasteiger partial charge in [0.25, 0.3) is 0 Å². The average Bonchev–Trinajstić information content (AvgIpc) is 3.09. The van der Waals surface area contributed by atoms with Crippen molar-refractivity contribution in [2.45, 2.75) is 37.8 Å². The number of hydrogen-bond donors (Lipinski definition) is 0. The largest absolute Gasteiger partial charge is 0.491 e. The second-order valence-corrected chi connectivity index (χ2v) is 9.51. The van der Waals surface area contributed by atoms with Crippen LogP contribution < -0.4 is 4.74 Å². The van der Waals surface area contributed by atoms with E-state index in [0.29, 0.717) is 0 Å². The van der Waals surface area contributed by atoms with Crippen LogP contribution >= 0.6 is 0 Å². The fraction of sp³-hybridized carbons (Fsp3) is 0.429. The van der Waals surface area contributed by atoms with Crippen molar-refractivity contribution in [1.29, 1.82) is 5.26 Å². The van der Waals surface area contributed by atoms with Crippen LogP contribution in [0.15, 0.2) is 47.5 Å². The average molecular weight is 400 g/mol. The summed E-state index contributed by atoms with van der Waals surface area (Å²) in [6, 6.07) is 12.9. The maximum Gasteiger partial charge on any atom is 0.180 e. The van der Waals surface area contributed by atoms with Gasteiger partial charge in [-0.3, -0.25) is 4.90 Å². The van der Waals surface area contributed by atoms with Crippen molar-refractivity contribution >= 4 is 9.84 Å². The quantitative estimate of drug-likeness (QED) is 0.712. The van der Waals surface area contributed by atoms with E-state index in [0.717, 1.165) is 31.8 Å². The van der Waals surface area contributed by atoms with Crippen molar-refractivity contribution < 1.29 is 13.2 Å². The molecule has 1 aliphatic rings.